The van der Waals surface area contributed by atoms with Gasteiger partial charge in [-0.3, -0.25) is 9.36 Å². The van der Waals surface area contributed by atoms with Crippen LogP contribution >= 0.6 is 0 Å². The van der Waals surface area contributed by atoms with Crippen molar-refractivity contribution in [3.8, 4) is 5.82 Å². The average Bonchev–Trinajstić information content (AvgIpc) is 3.01. The molecule has 0 N–H and O–H groups in total. The molecule has 6 nitrogen and oxygen atoms in total. The number of rotatable bonds is 2. The summed E-state index contributed by atoms with van der Waals surface area (Å²) in [6, 6.07) is 2.00. The van der Waals surface area contributed by atoms with Crippen LogP contribution in [-0.2, 0) is 4.79 Å². The summed E-state index contributed by atoms with van der Waals surface area (Å²) in [6.07, 6.45) is 7.41. The van der Waals surface area contributed by atoms with Crippen LogP contribution in [-0.4, -0.2) is 43.4 Å². The zero-order valence-corrected chi connectivity index (χ0v) is 12.4. The smallest absolute Gasteiger partial charge is 0.219 e. The maximum atomic E-state index is 11.6. The fraction of sp³-hybridized carbons (Fsp3) is 0.467. The number of imidazole rings is 1. The molecule has 6 heteroatoms. The molecule has 2 aromatic heterocycles. The van der Waals surface area contributed by atoms with E-state index >= 15 is 0 Å². The quantitative estimate of drug-likeness (QED) is 0.842. The van der Waals surface area contributed by atoms with Crippen molar-refractivity contribution in [1.29, 1.82) is 0 Å². The van der Waals surface area contributed by atoms with Gasteiger partial charge in [0.05, 0.1) is 5.69 Å². The zero-order chi connectivity index (χ0) is 14.8. The second-order valence-electron chi connectivity index (χ2n) is 5.47. The van der Waals surface area contributed by atoms with Gasteiger partial charge in [0.2, 0.25) is 5.91 Å². The molecule has 1 unspecified atom stereocenters. The van der Waals surface area contributed by atoms with Crippen LogP contribution < -0.4 is 0 Å². The Morgan fingerprint density at radius 3 is 2.95 bits per heavy atom. The third-order valence-corrected chi connectivity index (χ3v) is 3.90. The minimum absolute atomic E-state index is 0.139. The highest BCUT2D eigenvalue weighted by Crippen LogP contribution is 2.26. The van der Waals surface area contributed by atoms with Crippen LogP contribution in [0.2, 0.25) is 0 Å². The molecule has 0 radical (unpaired) electrons. The molecular weight excluding hydrogens is 266 g/mol. The van der Waals surface area contributed by atoms with Gasteiger partial charge in [-0.2, -0.15) is 0 Å². The lowest BCUT2D eigenvalue weighted by molar-refractivity contribution is -0.130. The van der Waals surface area contributed by atoms with Crippen LogP contribution in [0.25, 0.3) is 5.82 Å². The first-order chi connectivity index (χ1) is 10.1. The van der Waals surface area contributed by atoms with E-state index in [0.717, 1.165) is 43.3 Å². The highest BCUT2D eigenvalue weighted by Gasteiger charge is 2.24. The van der Waals surface area contributed by atoms with Crippen molar-refractivity contribution in [3.05, 3.63) is 36.3 Å². The van der Waals surface area contributed by atoms with E-state index < -0.39 is 0 Å². The van der Waals surface area contributed by atoms with Crippen LogP contribution in [0.15, 0.2) is 24.8 Å². The second-order valence-corrected chi connectivity index (χ2v) is 5.47. The van der Waals surface area contributed by atoms with E-state index in [1.165, 1.54) is 0 Å². The number of hydrogen-bond donors (Lipinski definition) is 0. The van der Waals surface area contributed by atoms with Crippen LogP contribution in [0.5, 0.6) is 0 Å². The normalized spacial score (nSPS) is 18.8. The lowest BCUT2D eigenvalue weighted by Gasteiger charge is -2.31. The fourth-order valence-electron chi connectivity index (χ4n) is 2.82. The van der Waals surface area contributed by atoms with E-state index in [-0.39, 0.29) is 11.8 Å². The van der Waals surface area contributed by atoms with Gasteiger partial charge in [0.15, 0.2) is 0 Å². The number of amides is 1. The second kappa shape index (κ2) is 5.63. The number of nitrogens with zero attached hydrogens (tertiary/aromatic N) is 5. The van der Waals surface area contributed by atoms with Crippen LogP contribution in [0.1, 0.15) is 37.2 Å². The summed E-state index contributed by atoms with van der Waals surface area (Å²) in [6.45, 7) is 5.12. The van der Waals surface area contributed by atoms with Gasteiger partial charge in [-0.15, -0.1) is 0 Å². The van der Waals surface area contributed by atoms with Gasteiger partial charge in [0.25, 0.3) is 0 Å². The number of aromatic nitrogens is 4. The van der Waals surface area contributed by atoms with Crippen molar-refractivity contribution in [1.82, 2.24) is 24.4 Å². The van der Waals surface area contributed by atoms with Crippen molar-refractivity contribution in [2.45, 2.75) is 32.6 Å². The molecular formula is C15H19N5O. The number of carbonyl (C=O) groups excluding carboxylic acids is 1. The SMILES string of the molecule is CC(=O)N1CCCC(c2cc(-n3ccnc3)nc(C)n2)C1. The highest BCUT2D eigenvalue weighted by molar-refractivity contribution is 5.73. The first-order valence-corrected chi connectivity index (χ1v) is 7.23. The molecule has 3 rings (SSSR count). The molecule has 0 spiro atoms. The minimum Gasteiger partial charge on any atom is -0.342 e. The lowest BCUT2D eigenvalue weighted by Crippen LogP contribution is -2.37. The van der Waals surface area contributed by atoms with Crippen molar-refractivity contribution in [2.75, 3.05) is 13.1 Å². The summed E-state index contributed by atoms with van der Waals surface area (Å²) < 4.78 is 1.88. The predicted molar refractivity (Wildman–Crippen MR) is 78.1 cm³/mol. The number of aryl methyl sites for hydroxylation is 1. The Kier molecular flexibility index (Phi) is 3.68. The third kappa shape index (κ3) is 2.94. The monoisotopic (exact) mass is 285 g/mol. The topological polar surface area (TPSA) is 63.9 Å². The Hall–Kier alpha value is -2.24. The molecule has 0 saturated carbocycles. The molecule has 0 bridgehead atoms. The van der Waals surface area contributed by atoms with Crippen molar-refractivity contribution in [2.24, 2.45) is 0 Å². The van der Waals surface area contributed by atoms with Gasteiger partial charge in [-0.05, 0) is 19.8 Å². The molecule has 3 heterocycles. The molecule has 1 atom stereocenters. The Labute approximate surface area is 123 Å². The lowest BCUT2D eigenvalue weighted by atomic mass is 9.94. The molecule has 0 aliphatic carbocycles. The summed E-state index contributed by atoms with van der Waals surface area (Å²) in [5.74, 6) is 2.00. The molecule has 1 aliphatic heterocycles. The third-order valence-electron chi connectivity index (χ3n) is 3.90. The maximum absolute atomic E-state index is 11.6. The Bertz CT molecular complexity index is 638. The summed E-state index contributed by atoms with van der Waals surface area (Å²) in [4.78, 5) is 26.6. The van der Waals surface area contributed by atoms with Gasteiger partial charge in [-0.25, -0.2) is 15.0 Å². The minimum atomic E-state index is 0.139. The molecule has 1 saturated heterocycles. The molecule has 1 aliphatic rings. The molecule has 2 aromatic rings. The van der Waals surface area contributed by atoms with E-state index in [2.05, 4.69) is 15.0 Å². The van der Waals surface area contributed by atoms with Gasteiger partial charge in [0, 0.05) is 44.4 Å². The van der Waals surface area contributed by atoms with Gasteiger partial charge in [0.1, 0.15) is 18.0 Å². The number of hydrogen-bond acceptors (Lipinski definition) is 4. The molecule has 1 fully saturated rings. The van der Waals surface area contributed by atoms with Crippen LogP contribution in [0, 0.1) is 6.92 Å². The largest absolute Gasteiger partial charge is 0.342 e. The maximum Gasteiger partial charge on any atom is 0.219 e. The van der Waals surface area contributed by atoms with Gasteiger partial charge < -0.3 is 4.90 Å². The zero-order valence-electron chi connectivity index (χ0n) is 12.4. The van der Waals surface area contributed by atoms with Crippen molar-refractivity contribution >= 4 is 5.91 Å². The van der Waals surface area contributed by atoms with Gasteiger partial charge in [-0.1, -0.05) is 0 Å². The standard InChI is InChI=1S/C15H19N5O/c1-11-17-14(8-15(18-11)20-7-5-16-10-20)13-4-3-6-19(9-13)12(2)21/h5,7-8,10,13H,3-4,6,9H2,1-2H3. The predicted octanol–water partition coefficient (Wildman–Crippen LogP) is 1.70. The van der Waals surface area contributed by atoms with Gasteiger partial charge >= 0.3 is 0 Å². The summed E-state index contributed by atoms with van der Waals surface area (Å²) in [5, 5.41) is 0. The Morgan fingerprint density at radius 2 is 2.24 bits per heavy atom. The van der Waals surface area contributed by atoms with Crippen LogP contribution in [0.3, 0.4) is 0 Å². The number of likely N-dealkylation sites (tertiary alicyclic amines) is 1. The molecule has 110 valence electrons. The Morgan fingerprint density at radius 1 is 1.38 bits per heavy atom. The summed E-state index contributed by atoms with van der Waals surface area (Å²) in [7, 11) is 0. The molecule has 1 amide bonds. The van der Waals surface area contributed by atoms with E-state index in [0.29, 0.717) is 0 Å². The molecule has 21 heavy (non-hydrogen) atoms. The first kappa shape index (κ1) is 13.7. The van der Waals surface area contributed by atoms with E-state index in [1.807, 2.05) is 28.7 Å². The van der Waals surface area contributed by atoms with E-state index in [1.54, 1.807) is 19.4 Å². The molecule has 0 aromatic carbocycles. The first-order valence-electron chi connectivity index (χ1n) is 7.23. The summed E-state index contributed by atoms with van der Waals surface area (Å²) >= 11 is 0. The van der Waals surface area contributed by atoms with E-state index in [9.17, 15) is 4.79 Å². The average molecular weight is 285 g/mol. The number of piperidine rings is 1. The highest BCUT2D eigenvalue weighted by atomic mass is 16.2. The number of carbonyl (C=O) groups is 1. The Balaban J connectivity index is 1.90. The van der Waals surface area contributed by atoms with E-state index in [4.69, 9.17) is 0 Å². The fourth-order valence-corrected chi connectivity index (χ4v) is 2.82. The van der Waals surface area contributed by atoms with Crippen molar-refractivity contribution in [3.63, 3.8) is 0 Å². The summed E-state index contributed by atoms with van der Waals surface area (Å²) in [5.41, 5.74) is 1.01. The van der Waals surface area contributed by atoms with Crippen molar-refractivity contribution < 1.29 is 4.79 Å². The van der Waals surface area contributed by atoms with Crippen LogP contribution in [0.4, 0.5) is 0 Å².